The van der Waals surface area contributed by atoms with Crippen LogP contribution in [0.2, 0.25) is 0 Å². The van der Waals surface area contributed by atoms with Crippen molar-refractivity contribution in [2.75, 3.05) is 39.3 Å². The first-order valence-corrected chi connectivity index (χ1v) is 9.56. The summed E-state index contributed by atoms with van der Waals surface area (Å²) in [4.78, 5) is 9.74. The monoisotopic (exact) mass is 481 g/mol. The van der Waals surface area contributed by atoms with Crippen LogP contribution >= 0.6 is 24.0 Å². The summed E-state index contributed by atoms with van der Waals surface area (Å²) in [6.45, 7) is 8.78. The third-order valence-corrected chi connectivity index (χ3v) is 5.31. The predicted octanol–water partition coefficient (Wildman–Crippen LogP) is 2.72. The number of hydrogen-bond donors (Lipinski definition) is 1. The molecular weight excluding hydrogens is 453 g/mol. The summed E-state index contributed by atoms with van der Waals surface area (Å²) in [5.41, 5.74) is 3.96. The number of nitrogens with zero attached hydrogens (tertiary/aromatic N) is 4. The van der Waals surface area contributed by atoms with Crippen molar-refractivity contribution in [2.24, 2.45) is 4.99 Å². The highest BCUT2D eigenvalue weighted by Crippen LogP contribution is 2.34. The molecule has 4 rings (SSSR count). The van der Waals surface area contributed by atoms with Crippen molar-refractivity contribution in [3.05, 3.63) is 53.4 Å². The Balaban J connectivity index is 0.00000210. The Morgan fingerprint density at radius 2 is 2.04 bits per heavy atom. The SMILES string of the molecule is CCNC(=NCC1Cc2ccccc21)N1CCN(Cc2ccon2)CC1.I. The summed E-state index contributed by atoms with van der Waals surface area (Å²) in [5, 5.41) is 7.48. The number of nitrogens with one attached hydrogen (secondary N) is 1. The minimum Gasteiger partial charge on any atom is -0.364 e. The number of rotatable bonds is 5. The van der Waals surface area contributed by atoms with Gasteiger partial charge in [0.15, 0.2) is 5.96 Å². The van der Waals surface area contributed by atoms with E-state index in [0.29, 0.717) is 5.92 Å². The summed E-state index contributed by atoms with van der Waals surface area (Å²) in [5.74, 6) is 1.63. The van der Waals surface area contributed by atoms with E-state index in [1.165, 1.54) is 11.1 Å². The molecule has 1 aromatic heterocycles. The van der Waals surface area contributed by atoms with Gasteiger partial charge < -0.3 is 14.7 Å². The first kappa shape index (κ1) is 20.1. The van der Waals surface area contributed by atoms with Gasteiger partial charge >= 0.3 is 0 Å². The van der Waals surface area contributed by atoms with Crippen molar-refractivity contribution in [3.8, 4) is 0 Å². The zero-order valence-corrected chi connectivity index (χ0v) is 18.1. The summed E-state index contributed by atoms with van der Waals surface area (Å²) in [6, 6.07) is 10.7. The Kier molecular flexibility index (Phi) is 7.12. The van der Waals surface area contributed by atoms with E-state index in [1.807, 2.05) is 6.07 Å². The van der Waals surface area contributed by atoms with Crippen LogP contribution in [0.5, 0.6) is 0 Å². The van der Waals surface area contributed by atoms with Crippen molar-refractivity contribution < 1.29 is 4.52 Å². The number of fused-ring (bicyclic) bond motifs is 1. The largest absolute Gasteiger partial charge is 0.364 e. The second-order valence-electron chi connectivity index (χ2n) is 7.05. The van der Waals surface area contributed by atoms with Crippen molar-refractivity contribution in [1.82, 2.24) is 20.3 Å². The van der Waals surface area contributed by atoms with Gasteiger partial charge in [0.1, 0.15) is 6.26 Å². The van der Waals surface area contributed by atoms with E-state index in [-0.39, 0.29) is 24.0 Å². The van der Waals surface area contributed by atoms with Crippen molar-refractivity contribution >= 4 is 29.9 Å². The average Bonchev–Trinajstić information content (AvgIpc) is 3.15. The zero-order chi connectivity index (χ0) is 17.8. The molecule has 0 amide bonds. The van der Waals surface area contributed by atoms with Crippen LogP contribution in [0.25, 0.3) is 0 Å². The first-order chi connectivity index (χ1) is 12.8. The van der Waals surface area contributed by atoms with Crippen LogP contribution in [0.1, 0.15) is 29.7 Å². The molecule has 7 heteroatoms. The maximum Gasteiger partial charge on any atom is 0.194 e. The Labute approximate surface area is 178 Å². The van der Waals surface area contributed by atoms with Gasteiger partial charge in [-0.05, 0) is 24.5 Å². The Bertz CT molecular complexity index is 741. The number of aliphatic imine (C=N–C) groups is 1. The predicted molar refractivity (Wildman–Crippen MR) is 118 cm³/mol. The van der Waals surface area contributed by atoms with E-state index in [0.717, 1.165) is 63.9 Å². The van der Waals surface area contributed by atoms with E-state index in [9.17, 15) is 0 Å². The summed E-state index contributed by atoms with van der Waals surface area (Å²) in [6.07, 6.45) is 2.80. The third kappa shape index (κ3) is 4.82. The molecule has 0 spiro atoms. The van der Waals surface area contributed by atoms with Crippen molar-refractivity contribution in [1.29, 1.82) is 0 Å². The molecule has 6 nitrogen and oxygen atoms in total. The maximum absolute atomic E-state index is 4.94. The molecule has 2 heterocycles. The van der Waals surface area contributed by atoms with Gasteiger partial charge in [-0.3, -0.25) is 9.89 Å². The minimum atomic E-state index is 0. The zero-order valence-electron chi connectivity index (χ0n) is 15.8. The highest BCUT2D eigenvalue weighted by molar-refractivity contribution is 14.0. The summed E-state index contributed by atoms with van der Waals surface area (Å²) in [7, 11) is 0. The molecule has 146 valence electrons. The molecule has 0 radical (unpaired) electrons. The van der Waals surface area contributed by atoms with Gasteiger partial charge in [0.25, 0.3) is 0 Å². The molecule has 1 unspecified atom stereocenters. The van der Waals surface area contributed by atoms with E-state index in [2.05, 4.69) is 51.5 Å². The van der Waals surface area contributed by atoms with Gasteiger partial charge in [0, 0.05) is 57.8 Å². The van der Waals surface area contributed by atoms with Crippen LogP contribution in [0, 0.1) is 0 Å². The van der Waals surface area contributed by atoms with Gasteiger partial charge in [0.2, 0.25) is 0 Å². The number of piperazine rings is 1. The van der Waals surface area contributed by atoms with E-state index in [1.54, 1.807) is 6.26 Å². The summed E-state index contributed by atoms with van der Waals surface area (Å²) < 4.78 is 4.93. The Morgan fingerprint density at radius 3 is 2.74 bits per heavy atom. The lowest BCUT2D eigenvalue weighted by atomic mass is 9.78. The van der Waals surface area contributed by atoms with Crippen molar-refractivity contribution in [2.45, 2.75) is 25.8 Å². The molecule has 2 aliphatic rings. The second-order valence-corrected chi connectivity index (χ2v) is 7.05. The Hall–Kier alpha value is -1.61. The fourth-order valence-electron chi connectivity index (χ4n) is 3.81. The fourth-order valence-corrected chi connectivity index (χ4v) is 3.81. The Morgan fingerprint density at radius 1 is 1.22 bits per heavy atom. The standard InChI is InChI=1S/C20H27N5O.HI/c1-2-21-20(22-14-17-13-16-5-3-4-6-19(16)17)25-10-8-24(9-11-25)15-18-7-12-26-23-18;/h3-7,12,17H,2,8-11,13-15H2,1H3,(H,21,22);1H. The molecule has 1 N–H and O–H groups in total. The molecule has 1 saturated heterocycles. The van der Waals surface area contributed by atoms with Gasteiger partial charge in [-0.25, -0.2) is 0 Å². The third-order valence-electron chi connectivity index (χ3n) is 5.31. The number of guanidine groups is 1. The quantitative estimate of drug-likeness (QED) is 0.405. The van der Waals surface area contributed by atoms with Gasteiger partial charge in [-0.2, -0.15) is 0 Å². The van der Waals surface area contributed by atoms with Crippen LogP contribution in [0.4, 0.5) is 0 Å². The lowest BCUT2D eigenvalue weighted by Crippen LogP contribution is -2.52. The minimum absolute atomic E-state index is 0. The maximum atomic E-state index is 4.94. The van der Waals surface area contributed by atoms with Crippen LogP contribution < -0.4 is 5.32 Å². The molecule has 1 aromatic carbocycles. The lowest BCUT2D eigenvalue weighted by Gasteiger charge is -2.36. The normalized spacial score (nSPS) is 19.8. The van der Waals surface area contributed by atoms with Gasteiger partial charge in [-0.1, -0.05) is 29.4 Å². The molecule has 27 heavy (non-hydrogen) atoms. The van der Waals surface area contributed by atoms with E-state index < -0.39 is 0 Å². The molecule has 2 aromatic rings. The topological polar surface area (TPSA) is 56.9 Å². The van der Waals surface area contributed by atoms with Crippen LogP contribution in [-0.2, 0) is 13.0 Å². The molecule has 1 atom stereocenters. The van der Waals surface area contributed by atoms with Crippen molar-refractivity contribution in [3.63, 3.8) is 0 Å². The van der Waals surface area contributed by atoms with E-state index in [4.69, 9.17) is 9.52 Å². The average molecular weight is 481 g/mol. The fraction of sp³-hybridized carbons (Fsp3) is 0.500. The highest BCUT2D eigenvalue weighted by atomic mass is 127. The smallest absolute Gasteiger partial charge is 0.194 e. The van der Waals surface area contributed by atoms with Gasteiger partial charge in [-0.15, -0.1) is 24.0 Å². The number of hydrogen-bond acceptors (Lipinski definition) is 4. The van der Waals surface area contributed by atoms with Crippen LogP contribution in [-0.4, -0.2) is 60.2 Å². The molecular formula is C20H28IN5O. The molecule has 1 aliphatic heterocycles. The van der Waals surface area contributed by atoms with E-state index >= 15 is 0 Å². The molecule has 1 fully saturated rings. The van der Waals surface area contributed by atoms with Crippen LogP contribution in [0.3, 0.4) is 0 Å². The highest BCUT2D eigenvalue weighted by Gasteiger charge is 2.26. The molecule has 1 aliphatic carbocycles. The number of benzene rings is 1. The number of halogens is 1. The second kappa shape index (κ2) is 9.54. The first-order valence-electron chi connectivity index (χ1n) is 9.56. The van der Waals surface area contributed by atoms with Crippen LogP contribution in [0.15, 0.2) is 46.1 Å². The molecule has 0 saturated carbocycles. The molecule has 0 bridgehead atoms. The number of aromatic nitrogens is 1. The summed E-state index contributed by atoms with van der Waals surface area (Å²) >= 11 is 0. The lowest BCUT2D eigenvalue weighted by molar-refractivity contribution is 0.169. The van der Waals surface area contributed by atoms with Gasteiger partial charge in [0.05, 0.1) is 5.69 Å².